The van der Waals surface area contributed by atoms with Gasteiger partial charge < -0.3 is 43.8 Å². The van der Waals surface area contributed by atoms with Crippen LogP contribution in [0.15, 0.2) is 78.9 Å². The molecule has 0 bridgehead atoms. The van der Waals surface area contributed by atoms with Crippen LogP contribution in [0.1, 0.15) is 21.5 Å². The number of allylic oxidation sites excluding steroid dienone is 4. The standard InChI is InChI=1S/C36H38N2O10/c1-42-28-16-23(17-29(43-2)34(28)46-5)12-8-10-14-32(39)37-26-20-25(36(41)48-7)21-27(22-26)38-33(40)15-11-9-13-24-18-30(44-3)35(47-6)31(19-24)45-4/h8-22H,1-7H3,(H,37,39)(H,38,40)/b12-8+,13-9+,14-10+,15-11+. The number of anilines is 2. The molecule has 2 amide bonds. The third-order valence-electron chi connectivity index (χ3n) is 6.56. The van der Waals surface area contributed by atoms with Crippen LogP contribution in [0.3, 0.4) is 0 Å². The molecule has 12 heteroatoms. The molecule has 252 valence electrons. The number of esters is 1. The highest BCUT2D eigenvalue weighted by molar-refractivity contribution is 6.04. The van der Waals surface area contributed by atoms with E-state index in [-0.39, 0.29) is 16.9 Å². The number of rotatable bonds is 15. The second-order valence-corrected chi connectivity index (χ2v) is 9.62. The number of ether oxygens (including phenoxy) is 7. The third-order valence-corrected chi connectivity index (χ3v) is 6.56. The second-order valence-electron chi connectivity index (χ2n) is 9.62. The Hall–Kier alpha value is -6.17. The molecular formula is C36H38N2O10. The highest BCUT2D eigenvalue weighted by atomic mass is 16.5. The van der Waals surface area contributed by atoms with Crippen molar-refractivity contribution in [3.8, 4) is 34.5 Å². The van der Waals surface area contributed by atoms with Gasteiger partial charge in [-0.2, -0.15) is 0 Å². The summed E-state index contributed by atoms with van der Waals surface area (Å²) in [5.41, 5.74) is 2.17. The number of carbonyl (C=O) groups is 3. The summed E-state index contributed by atoms with van der Waals surface area (Å²) in [5, 5.41) is 5.38. The molecule has 0 heterocycles. The summed E-state index contributed by atoms with van der Waals surface area (Å²) in [6.45, 7) is 0. The van der Waals surface area contributed by atoms with E-state index in [4.69, 9.17) is 33.2 Å². The predicted octanol–water partition coefficient (Wildman–Crippen LogP) is 5.94. The van der Waals surface area contributed by atoms with Crippen molar-refractivity contribution in [1.82, 2.24) is 0 Å². The molecule has 0 spiro atoms. The van der Waals surface area contributed by atoms with E-state index in [2.05, 4.69) is 10.6 Å². The monoisotopic (exact) mass is 658 g/mol. The normalized spacial score (nSPS) is 11.1. The number of hydrogen-bond donors (Lipinski definition) is 2. The van der Waals surface area contributed by atoms with Gasteiger partial charge in [0, 0.05) is 23.5 Å². The predicted molar refractivity (Wildman–Crippen MR) is 184 cm³/mol. The van der Waals surface area contributed by atoms with Gasteiger partial charge in [0.2, 0.25) is 23.3 Å². The van der Waals surface area contributed by atoms with Crippen molar-refractivity contribution in [1.29, 1.82) is 0 Å². The van der Waals surface area contributed by atoms with Crippen LogP contribution in [0.2, 0.25) is 0 Å². The van der Waals surface area contributed by atoms with Crippen LogP contribution in [0.25, 0.3) is 12.2 Å². The van der Waals surface area contributed by atoms with Crippen LogP contribution in [-0.4, -0.2) is 67.6 Å². The van der Waals surface area contributed by atoms with Crippen molar-refractivity contribution in [3.05, 3.63) is 95.6 Å². The van der Waals surface area contributed by atoms with Crippen molar-refractivity contribution in [3.63, 3.8) is 0 Å². The summed E-state index contributed by atoms with van der Waals surface area (Å²) in [4.78, 5) is 37.6. The minimum atomic E-state index is -0.644. The van der Waals surface area contributed by atoms with Gasteiger partial charge in [0.05, 0.1) is 55.3 Å². The molecule has 0 unspecified atom stereocenters. The molecule has 0 aromatic heterocycles. The van der Waals surface area contributed by atoms with Gasteiger partial charge in [0.25, 0.3) is 0 Å². The van der Waals surface area contributed by atoms with Crippen molar-refractivity contribution >= 4 is 41.3 Å². The minimum absolute atomic E-state index is 0.128. The Morgan fingerprint density at radius 1 is 0.500 bits per heavy atom. The molecule has 0 aliphatic heterocycles. The molecule has 0 radical (unpaired) electrons. The number of hydrogen-bond acceptors (Lipinski definition) is 10. The van der Waals surface area contributed by atoms with Crippen molar-refractivity contribution in [2.45, 2.75) is 0 Å². The first-order chi connectivity index (χ1) is 23.2. The SMILES string of the molecule is COC(=O)c1cc(NC(=O)/C=C/C=C/c2cc(OC)c(OC)c(OC)c2)cc(NC(=O)/C=C/C=C/c2cc(OC)c(OC)c(OC)c2)c1. The average molecular weight is 659 g/mol. The summed E-state index contributed by atoms with van der Waals surface area (Å²) in [6.07, 6.45) is 12.5. The third kappa shape index (κ3) is 9.91. The molecule has 2 N–H and O–H groups in total. The fourth-order valence-corrected chi connectivity index (χ4v) is 4.39. The summed E-state index contributed by atoms with van der Waals surface area (Å²) >= 11 is 0. The molecule has 0 atom stereocenters. The maximum atomic E-state index is 12.7. The van der Waals surface area contributed by atoms with Gasteiger partial charge in [0.15, 0.2) is 23.0 Å². The zero-order valence-corrected chi connectivity index (χ0v) is 27.7. The molecule has 0 saturated carbocycles. The Bertz CT molecular complexity index is 1570. The lowest BCUT2D eigenvalue weighted by Gasteiger charge is -2.12. The number of nitrogens with one attached hydrogen (secondary N) is 2. The summed E-state index contributed by atoms with van der Waals surface area (Å²) in [5.74, 6) is 1.33. The van der Waals surface area contributed by atoms with Crippen molar-refractivity contribution in [2.75, 3.05) is 60.4 Å². The number of carbonyl (C=O) groups excluding carboxylic acids is 3. The van der Waals surface area contributed by atoms with Crippen LogP contribution < -0.4 is 39.1 Å². The van der Waals surface area contributed by atoms with E-state index in [0.29, 0.717) is 34.5 Å². The Labute approximate surface area is 279 Å². The molecule has 48 heavy (non-hydrogen) atoms. The van der Waals surface area contributed by atoms with E-state index in [1.165, 1.54) is 80.1 Å². The highest BCUT2D eigenvalue weighted by Gasteiger charge is 2.14. The lowest BCUT2D eigenvalue weighted by Crippen LogP contribution is -2.12. The Kier molecular flexibility index (Phi) is 13.7. The van der Waals surface area contributed by atoms with Gasteiger partial charge in [0.1, 0.15) is 0 Å². The maximum absolute atomic E-state index is 12.7. The van der Waals surface area contributed by atoms with Gasteiger partial charge in [-0.3, -0.25) is 9.59 Å². The van der Waals surface area contributed by atoms with Crippen LogP contribution in [0.5, 0.6) is 34.5 Å². The summed E-state index contributed by atoms with van der Waals surface area (Å²) in [7, 11) is 10.4. The van der Waals surface area contributed by atoms with Gasteiger partial charge in [-0.25, -0.2) is 4.79 Å². The first kappa shape index (κ1) is 36.3. The lowest BCUT2D eigenvalue weighted by molar-refractivity contribution is -0.112. The second kappa shape index (κ2) is 18.1. The first-order valence-corrected chi connectivity index (χ1v) is 14.3. The summed E-state index contributed by atoms with van der Waals surface area (Å²) < 4.78 is 36.9. The minimum Gasteiger partial charge on any atom is -0.493 e. The van der Waals surface area contributed by atoms with Gasteiger partial charge in [-0.05, 0) is 53.6 Å². The van der Waals surface area contributed by atoms with E-state index in [9.17, 15) is 14.4 Å². The van der Waals surface area contributed by atoms with Crippen LogP contribution in [-0.2, 0) is 14.3 Å². The van der Waals surface area contributed by atoms with E-state index >= 15 is 0 Å². The first-order valence-electron chi connectivity index (χ1n) is 14.3. The van der Waals surface area contributed by atoms with Crippen LogP contribution >= 0.6 is 0 Å². The number of methoxy groups -OCH3 is 7. The molecule has 0 aliphatic rings. The smallest absolute Gasteiger partial charge is 0.337 e. The molecule has 12 nitrogen and oxygen atoms in total. The van der Waals surface area contributed by atoms with Crippen LogP contribution in [0.4, 0.5) is 11.4 Å². The molecule has 0 saturated heterocycles. The Balaban J connectivity index is 1.70. The quantitative estimate of drug-likeness (QED) is 0.115. The average Bonchev–Trinajstić information content (AvgIpc) is 3.10. The zero-order chi connectivity index (χ0) is 35.1. The van der Waals surface area contributed by atoms with Crippen molar-refractivity contribution < 1.29 is 47.5 Å². The Morgan fingerprint density at radius 3 is 1.19 bits per heavy atom. The molecule has 3 aromatic rings. The zero-order valence-electron chi connectivity index (χ0n) is 27.7. The van der Waals surface area contributed by atoms with E-state index in [0.717, 1.165) is 11.1 Å². The molecule has 0 aliphatic carbocycles. The largest absolute Gasteiger partial charge is 0.493 e. The maximum Gasteiger partial charge on any atom is 0.337 e. The molecular weight excluding hydrogens is 620 g/mol. The van der Waals surface area contributed by atoms with Crippen molar-refractivity contribution in [2.24, 2.45) is 0 Å². The Morgan fingerprint density at radius 2 is 0.875 bits per heavy atom. The molecule has 0 fully saturated rings. The summed E-state index contributed by atoms with van der Waals surface area (Å²) in [6, 6.07) is 11.5. The fraction of sp³-hybridized carbons (Fsp3) is 0.194. The lowest BCUT2D eigenvalue weighted by atomic mass is 10.1. The van der Waals surface area contributed by atoms with E-state index in [1.807, 2.05) is 0 Å². The van der Waals surface area contributed by atoms with E-state index < -0.39 is 17.8 Å². The number of benzene rings is 3. The molecule has 3 aromatic carbocycles. The van der Waals surface area contributed by atoms with Gasteiger partial charge in [-0.15, -0.1) is 0 Å². The van der Waals surface area contributed by atoms with Gasteiger partial charge >= 0.3 is 5.97 Å². The number of amides is 2. The highest BCUT2D eigenvalue weighted by Crippen LogP contribution is 2.39. The van der Waals surface area contributed by atoms with Gasteiger partial charge in [-0.1, -0.05) is 36.5 Å². The fourth-order valence-electron chi connectivity index (χ4n) is 4.39. The molecule has 3 rings (SSSR count). The van der Waals surface area contributed by atoms with Crippen LogP contribution in [0, 0.1) is 0 Å². The van der Waals surface area contributed by atoms with E-state index in [1.54, 1.807) is 60.7 Å². The topological polar surface area (TPSA) is 140 Å².